The molecule has 1 heterocycles. The Balaban J connectivity index is 2.14. The van der Waals surface area contributed by atoms with Gasteiger partial charge in [0.2, 0.25) is 5.91 Å². The lowest BCUT2D eigenvalue weighted by Gasteiger charge is -2.25. The molecule has 0 radical (unpaired) electrons. The zero-order valence-corrected chi connectivity index (χ0v) is 23.2. The van der Waals surface area contributed by atoms with E-state index in [-0.39, 0.29) is 24.5 Å². The summed E-state index contributed by atoms with van der Waals surface area (Å²) in [7, 11) is 0. The van der Waals surface area contributed by atoms with Crippen molar-refractivity contribution < 1.29 is 61.0 Å². The fourth-order valence-corrected chi connectivity index (χ4v) is 3.19. The maximum Gasteiger partial charge on any atom is 0.471 e. The van der Waals surface area contributed by atoms with Crippen LogP contribution in [0.2, 0.25) is 0 Å². The molecule has 2 unspecified atom stereocenters. The highest BCUT2D eigenvalue weighted by Gasteiger charge is 2.40. The average molecular weight is 618 g/mol. The van der Waals surface area contributed by atoms with Crippen LogP contribution in [0.3, 0.4) is 0 Å². The lowest BCUT2D eigenvalue weighted by atomic mass is 10.2. The average Bonchev–Trinajstić information content (AvgIpc) is 3.22. The van der Waals surface area contributed by atoms with Gasteiger partial charge in [-0.15, -0.1) is 5.06 Å². The number of hydrogen-bond acceptors (Lipinski definition) is 10. The van der Waals surface area contributed by atoms with Gasteiger partial charge in [-0.1, -0.05) is 30.3 Å². The van der Waals surface area contributed by atoms with Gasteiger partial charge in [-0.25, -0.2) is 14.4 Å². The summed E-state index contributed by atoms with van der Waals surface area (Å²) in [5.41, 5.74) is -0.484. The van der Waals surface area contributed by atoms with Crippen molar-refractivity contribution in [3.8, 4) is 0 Å². The molecule has 15 nitrogen and oxygen atoms in total. The van der Waals surface area contributed by atoms with Crippen molar-refractivity contribution in [1.29, 1.82) is 0 Å². The molecule has 236 valence electrons. The third-order valence-corrected chi connectivity index (χ3v) is 5.19. The molecule has 1 fully saturated rings. The number of halogens is 3. The van der Waals surface area contributed by atoms with Crippen LogP contribution >= 0.6 is 0 Å². The Morgan fingerprint density at radius 1 is 0.860 bits per heavy atom. The van der Waals surface area contributed by atoms with Crippen molar-refractivity contribution in [2.24, 2.45) is 0 Å². The number of ether oxygens (including phenoxy) is 2. The molecular weight excluding hydrogens is 587 g/mol. The number of hydroxylamine groups is 2. The van der Waals surface area contributed by atoms with E-state index in [1.54, 1.807) is 30.3 Å². The third kappa shape index (κ3) is 11.9. The summed E-state index contributed by atoms with van der Waals surface area (Å²) in [6, 6.07) is 4.57. The van der Waals surface area contributed by atoms with E-state index >= 15 is 0 Å². The largest absolute Gasteiger partial charge is 0.471 e. The number of rotatable bonds is 11. The molecule has 0 spiro atoms. The molecule has 0 bridgehead atoms. The highest BCUT2D eigenvalue weighted by atomic mass is 19.4. The second kappa shape index (κ2) is 14.8. The predicted molar refractivity (Wildman–Crippen MR) is 136 cm³/mol. The van der Waals surface area contributed by atoms with Crippen LogP contribution in [-0.2, 0) is 44.9 Å². The monoisotopic (exact) mass is 617 g/mol. The first kappa shape index (κ1) is 34.3. The Kier molecular flexibility index (Phi) is 11.8. The number of nitrogens with one attached hydrogen (secondary N) is 4. The van der Waals surface area contributed by atoms with Gasteiger partial charge in [0.05, 0.1) is 0 Å². The van der Waals surface area contributed by atoms with Gasteiger partial charge in [-0.05, 0) is 26.3 Å². The number of hydrogen-bond donors (Lipinski definition) is 4. The van der Waals surface area contributed by atoms with Crippen molar-refractivity contribution >= 4 is 41.8 Å². The molecule has 0 aliphatic carbocycles. The topological polar surface area (TPSA) is 199 Å². The SMILES string of the molecule is CC(C)(C)OC(=O)NC(CNC(=O)C(CNC(=O)C(F)(F)F)NC(=O)OCc1ccccc1)C(=O)ON1C(=O)CCC1=O. The summed E-state index contributed by atoms with van der Waals surface area (Å²) in [5, 5.41) is 7.86. The second-order valence-electron chi connectivity index (χ2n) is 9.90. The van der Waals surface area contributed by atoms with Gasteiger partial charge in [-0.2, -0.15) is 13.2 Å². The van der Waals surface area contributed by atoms with Gasteiger partial charge in [-0.3, -0.25) is 19.2 Å². The molecule has 1 aliphatic heterocycles. The minimum Gasteiger partial charge on any atom is -0.445 e. The van der Waals surface area contributed by atoms with Gasteiger partial charge in [0, 0.05) is 25.9 Å². The maximum atomic E-state index is 12.9. The summed E-state index contributed by atoms with van der Waals surface area (Å²) < 4.78 is 48.1. The molecule has 4 N–H and O–H groups in total. The van der Waals surface area contributed by atoms with Crippen molar-refractivity contribution in [2.45, 2.75) is 64.1 Å². The fraction of sp³-hybridized carbons (Fsp3) is 0.480. The highest BCUT2D eigenvalue weighted by Crippen LogP contribution is 2.15. The molecule has 43 heavy (non-hydrogen) atoms. The van der Waals surface area contributed by atoms with E-state index in [0.717, 1.165) is 0 Å². The summed E-state index contributed by atoms with van der Waals surface area (Å²) in [6.07, 6.45) is -8.17. The van der Waals surface area contributed by atoms with Crippen LogP contribution in [0.4, 0.5) is 22.8 Å². The number of amides is 6. The Hall–Kier alpha value is -4.90. The molecule has 6 amide bonds. The molecule has 0 aromatic heterocycles. The minimum atomic E-state index is -5.30. The lowest BCUT2D eigenvalue weighted by Crippen LogP contribution is -2.57. The van der Waals surface area contributed by atoms with Crippen LogP contribution in [0, 0.1) is 0 Å². The second-order valence-corrected chi connectivity index (χ2v) is 9.90. The highest BCUT2D eigenvalue weighted by molar-refractivity contribution is 6.02. The maximum absolute atomic E-state index is 12.9. The van der Waals surface area contributed by atoms with Crippen molar-refractivity contribution in [2.75, 3.05) is 13.1 Å². The van der Waals surface area contributed by atoms with E-state index in [0.29, 0.717) is 5.56 Å². The molecule has 1 aromatic rings. The molecule has 1 saturated heterocycles. The first-order valence-corrected chi connectivity index (χ1v) is 12.6. The Bertz CT molecular complexity index is 1200. The standard InChI is InChI=1S/C25H30F3N5O10/c1-24(2,3)42-23(40)32-16(20(37)43-33-17(34)9-10-18(33)35)12-29-19(36)15(11-30-21(38)25(26,27)28)31-22(39)41-13-14-7-5-4-6-8-14/h4-8,15-16H,9-13H2,1-3H3,(H,29,36)(H,30,38)(H,31,39)(H,32,40). The lowest BCUT2D eigenvalue weighted by molar-refractivity contribution is -0.198. The molecule has 2 atom stereocenters. The zero-order chi connectivity index (χ0) is 32.4. The summed E-state index contributed by atoms with van der Waals surface area (Å²) >= 11 is 0. The summed E-state index contributed by atoms with van der Waals surface area (Å²) in [6.45, 7) is 2.37. The molecule has 18 heteroatoms. The number of alkyl carbamates (subject to hydrolysis) is 2. The first-order chi connectivity index (χ1) is 20.0. The molecule has 0 saturated carbocycles. The van der Waals surface area contributed by atoms with Gasteiger partial charge < -0.3 is 35.6 Å². The molecular formula is C25H30F3N5O10. The smallest absolute Gasteiger partial charge is 0.445 e. The summed E-state index contributed by atoms with van der Waals surface area (Å²) in [5.74, 6) is -6.69. The van der Waals surface area contributed by atoms with Crippen LogP contribution in [0.1, 0.15) is 39.2 Å². The molecule has 1 aliphatic rings. The van der Waals surface area contributed by atoms with Gasteiger partial charge in [0.15, 0.2) is 0 Å². The number of carbonyl (C=O) groups is 7. The predicted octanol–water partition coefficient (Wildman–Crippen LogP) is 0.577. The minimum absolute atomic E-state index is 0.188. The van der Waals surface area contributed by atoms with Gasteiger partial charge in [0.1, 0.15) is 24.3 Å². The molecule has 1 aromatic carbocycles. The number of alkyl halides is 3. The van der Waals surface area contributed by atoms with Crippen molar-refractivity contribution in [1.82, 2.24) is 26.3 Å². The van der Waals surface area contributed by atoms with Gasteiger partial charge in [0.25, 0.3) is 11.8 Å². The van der Waals surface area contributed by atoms with Crippen LogP contribution < -0.4 is 21.3 Å². The zero-order valence-electron chi connectivity index (χ0n) is 23.2. The number of nitrogens with zero attached hydrogens (tertiary/aromatic N) is 1. The fourth-order valence-electron chi connectivity index (χ4n) is 3.19. The van der Waals surface area contributed by atoms with Crippen LogP contribution in [0.15, 0.2) is 30.3 Å². The van der Waals surface area contributed by atoms with E-state index in [2.05, 4.69) is 10.6 Å². The van der Waals surface area contributed by atoms with Crippen LogP contribution in [0.5, 0.6) is 0 Å². The Morgan fingerprint density at radius 2 is 1.42 bits per heavy atom. The molecule has 2 rings (SSSR count). The van der Waals surface area contributed by atoms with E-state index in [9.17, 15) is 46.7 Å². The van der Waals surface area contributed by atoms with Crippen molar-refractivity contribution in [3.63, 3.8) is 0 Å². The van der Waals surface area contributed by atoms with E-state index in [1.807, 2.05) is 5.32 Å². The quantitative estimate of drug-likeness (QED) is 0.255. The third-order valence-electron chi connectivity index (χ3n) is 5.19. The van der Waals surface area contributed by atoms with Gasteiger partial charge >= 0.3 is 30.2 Å². The van der Waals surface area contributed by atoms with E-state index < -0.39 is 78.7 Å². The van der Waals surface area contributed by atoms with Crippen molar-refractivity contribution in [3.05, 3.63) is 35.9 Å². The number of carbonyl (C=O) groups excluding carboxylic acids is 7. The number of benzene rings is 1. The number of imide groups is 1. The Morgan fingerprint density at radius 3 is 1.98 bits per heavy atom. The van der Waals surface area contributed by atoms with Crippen LogP contribution in [-0.4, -0.2) is 83.8 Å². The normalized spacial score (nSPS) is 14.7. The first-order valence-electron chi connectivity index (χ1n) is 12.6. The van der Waals surface area contributed by atoms with E-state index in [4.69, 9.17) is 14.3 Å². The summed E-state index contributed by atoms with van der Waals surface area (Å²) in [4.78, 5) is 89.9. The van der Waals surface area contributed by atoms with E-state index in [1.165, 1.54) is 26.1 Å². The van der Waals surface area contributed by atoms with Crippen LogP contribution in [0.25, 0.3) is 0 Å². The Labute approximate surface area is 242 Å².